The lowest BCUT2D eigenvalue weighted by Gasteiger charge is -2.40. The fourth-order valence-electron chi connectivity index (χ4n) is 5.50. The summed E-state index contributed by atoms with van der Waals surface area (Å²) in [6, 6.07) is 19.5. The Hall–Kier alpha value is -4.81. The molecule has 1 unspecified atom stereocenters. The van der Waals surface area contributed by atoms with E-state index in [2.05, 4.69) is 6.07 Å². The summed E-state index contributed by atoms with van der Waals surface area (Å²) in [6.45, 7) is 1.74. The van der Waals surface area contributed by atoms with Crippen LogP contribution in [0.25, 0.3) is 0 Å². The number of nitrogens with zero attached hydrogens (tertiary/aromatic N) is 3. The first kappa shape index (κ1) is 27.7. The van der Waals surface area contributed by atoms with E-state index in [-0.39, 0.29) is 29.5 Å². The van der Waals surface area contributed by atoms with Crippen molar-refractivity contribution >= 4 is 28.8 Å². The number of ketones is 1. The van der Waals surface area contributed by atoms with Crippen LogP contribution < -0.4 is 20.1 Å². The van der Waals surface area contributed by atoms with Crippen molar-refractivity contribution in [2.24, 2.45) is 5.73 Å². The molecule has 0 saturated carbocycles. The van der Waals surface area contributed by atoms with Gasteiger partial charge < -0.3 is 15.2 Å². The number of nitro benzene ring substituents is 1. The van der Waals surface area contributed by atoms with Crippen LogP contribution in [0.5, 0.6) is 11.5 Å². The number of rotatable bonds is 7. The number of nitriles is 1. The lowest BCUT2D eigenvalue weighted by atomic mass is 9.75. The number of nitro groups is 1. The fourth-order valence-corrected chi connectivity index (χ4v) is 5.72. The number of carbonyl (C=O) groups excluding carboxylic acids is 1. The minimum absolute atomic E-state index is 0.00898. The highest BCUT2D eigenvalue weighted by atomic mass is 35.5. The van der Waals surface area contributed by atoms with E-state index in [4.69, 9.17) is 26.8 Å². The summed E-state index contributed by atoms with van der Waals surface area (Å²) in [5, 5.41) is 22.0. The van der Waals surface area contributed by atoms with Gasteiger partial charge in [0.2, 0.25) is 0 Å². The molecule has 41 heavy (non-hydrogen) atoms. The quantitative estimate of drug-likeness (QED) is 0.253. The molecule has 0 amide bonds. The molecular weight excluding hydrogens is 544 g/mol. The van der Waals surface area contributed by atoms with Gasteiger partial charge in [0.25, 0.3) is 5.69 Å². The van der Waals surface area contributed by atoms with Crippen molar-refractivity contribution in [2.45, 2.75) is 38.7 Å². The fraction of sp³-hybridized carbons (Fsp3) is 0.226. The molecule has 3 aromatic carbocycles. The first-order valence-electron chi connectivity index (χ1n) is 13.0. The average Bonchev–Trinajstić information content (AvgIpc) is 2.96. The molecule has 10 heteroatoms. The van der Waals surface area contributed by atoms with Crippen LogP contribution in [0.4, 0.5) is 11.4 Å². The Morgan fingerprint density at radius 3 is 2.63 bits per heavy atom. The maximum atomic E-state index is 13.5. The number of benzene rings is 3. The Balaban J connectivity index is 1.57. The number of anilines is 1. The highest BCUT2D eigenvalue weighted by Crippen LogP contribution is 2.47. The Labute approximate surface area is 242 Å². The van der Waals surface area contributed by atoms with Crippen LogP contribution in [0.3, 0.4) is 0 Å². The molecule has 1 atom stereocenters. The highest BCUT2D eigenvalue weighted by molar-refractivity contribution is 6.33. The van der Waals surface area contributed by atoms with E-state index in [0.717, 1.165) is 5.70 Å². The molecular formula is C31H27ClN4O5. The molecule has 0 radical (unpaired) electrons. The van der Waals surface area contributed by atoms with Gasteiger partial charge in [0.15, 0.2) is 5.78 Å². The standard InChI is InChI=1S/C31H27ClN4O5/c1-18-14-21(11-12-24(18)36(38)39)41-17-20-15-19(10-13-28(20)40-2)29-22(16-33)31(34)35(25-7-4-3-6-23(25)32)26-8-5-9-27(37)30(26)29/h3-4,6-7,10-15,29H,5,8-9,17,34H2,1-2H3. The third-order valence-corrected chi connectivity index (χ3v) is 7.72. The molecule has 2 aliphatic rings. The molecule has 0 fully saturated rings. The number of aryl methyl sites for hydroxylation is 1. The number of nitrogens with two attached hydrogens (primary N) is 1. The topological polar surface area (TPSA) is 132 Å². The van der Waals surface area contributed by atoms with Crippen LogP contribution in [0.2, 0.25) is 5.02 Å². The Kier molecular flexibility index (Phi) is 7.68. The lowest BCUT2D eigenvalue weighted by molar-refractivity contribution is -0.385. The summed E-state index contributed by atoms with van der Waals surface area (Å²) in [4.78, 5) is 26.0. The molecule has 1 aliphatic carbocycles. The molecule has 3 aromatic rings. The lowest BCUT2D eigenvalue weighted by Crippen LogP contribution is -2.38. The number of hydrogen-bond acceptors (Lipinski definition) is 8. The van der Waals surface area contributed by atoms with E-state index in [1.165, 1.54) is 6.07 Å². The third kappa shape index (κ3) is 5.10. The van der Waals surface area contributed by atoms with Crippen LogP contribution in [0, 0.1) is 28.4 Å². The largest absolute Gasteiger partial charge is 0.496 e. The van der Waals surface area contributed by atoms with Gasteiger partial charge in [-0.1, -0.05) is 29.8 Å². The second-order valence-corrected chi connectivity index (χ2v) is 10.2. The second kappa shape index (κ2) is 11.4. The van der Waals surface area contributed by atoms with Gasteiger partial charge in [-0.2, -0.15) is 5.26 Å². The van der Waals surface area contributed by atoms with Crippen molar-refractivity contribution in [1.29, 1.82) is 5.26 Å². The minimum Gasteiger partial charge on any atom is -0.496 e. The third-order valence-electron chi connectivity index (χ3n) is 7.40. The molecule has 0 spiro atoms. The molecule has 1 heterocycles. The van der Waals surface area contributed by atoms with E-state index < -0.39 is 10.8 Å². The molecule has 5 rings (SSSR count). The summed E-state index contributed by atoms with van der Waals surface area (Å²) in [5.41, 5.74) is 10.7. The van der Waals surface area contributed by atoms with Gasteiger partial charge in [-0.15, -0.1) is 0 Å². The second-order valence-electron chi connectivity index (χ2n) is 9.83. The SMILES string of the molecule is COc1ccc(C2C(C#N)=C(N)N(c3ccccc3Cl)C3=C2C(=O)CCC3)cc1COc1ccc([N+](=O)[O-])c(C)c1. The first-order valence-corrected chi connectivity index (χ1v) is 13.4. The zero-order chi connectivity index (χ0) is 29.3. The monoisotopic (exact) mass is 570 g/mol. The Bertz CT molecular complexity index is 1670. The highest BCUT2D eigenvalue weighted by Gasteiger charge is 2.41. The van der Waals surface area contributed by atoms with E-state index >= 15 is 0 Å². The number of hydrogen-bond donors (Lipinski definition) is 1. The van der Waals surface area contributed by atoms with Crippen LogP contribution >= 0.6 is 11.6 Å². The number of allylic oxidation sites excluding steroid dienone is 3. The van der Waals surface area contributed by atoms with Crippen molar-refractivity contribution in [3.63, 3.8) is 0 Å². The number of halogens is 1. The van der Waals surface area contributed by atoms with Gasteiger partial charge >= 0.3 is 0 Å². The molecule has 0 aromatic heterocycles. The molecule has 2 N–H and O–H groups in total. The molecule has 0 bridgehead atoms. The number of carbonyl (C=O) groups is 1. The summed E-state index contributed by atoms with van der Waals surface area (Å²) < 4.78 is 11.5. The van der Waals surface area contributed by atoms with E-state index in [1.807, 2.05) is 30.3 Å². The first-order chi connectivity index (χ1) is 19.7. The van der Waals surface area contributed by atoms with E-state index in [9.17, 15) is 20.2 Å². The van der Waals surface area contributed by atoms with Crippen molar-refractivity contribution in [3.05, 3.63) is 115 Å². The van der Waals surface area contributed by atoms with Crippen LogP contribution in [-0.4, -0.2) is 17.8 Å². The Morgan fingerprint density at radius 1 is 1.17 bits per heavy atom. The smallest absolute Gasteiger partial charge is 0.272 e. The normalized spacial score (nSPS) is 16.8. The molecule has 1 aliphatic heterocycles. The average molecular weight is 571 g/mol. The Morgan fingerprint density at radius 2 is 1.95 bits per heavy atom. The maximum Gasteiger partial charge on any atom is 0.272 e. The number of ether oxygens (including phenoxy) is 2. The summed E-state index contributed by atoms with van der Waals surface area (Å²) in [5.74, 6) is 0.536. The van der Waals surface area contributed by atoms with Crippen molar-refractivity contribution in [2.75, 3.05) is 12.0 Å². The van der Waals surface area contributed by atoms with Crippen molar-refractivity contribution < 1.29 is 19.2 Å². The van der Waals surface area contributed by atoms with E-state index in [1.54, 1.807) is 43.2 Å². The van der Waals surface area contributed by atoms with Gasteiger partial charge in [-0.05, 0) is 61.7 Å². The molecule has 0 saturated heterocycles. The zero-order valence-corrected chi connectivity index (χ0v) is 23.3. The van der Waals surface area contributed by atoms with E-state index in [0.29, 0.717) is 63.7 Å². The molecule has 9 nitrogen and oxygen atoms in total. The number of Topliss-reactive ketones (excluding diaryl/α,β-unsaturated/α-hetero) is 1. The van der Waals surface area contributed by atoms with Crippen molar-refractivity contribution in [3.8, 4) is 17.6 Å². The van der Waals surface area contributed by atoms with Gasteiger partial charge in [-0.3, -0.25) is 19.8 Å². The minimum atomic E-state index is -0.673. The summed E-state index contributed by atoms with van der Waals surface area (Å²) in [6.07, 6.45) is 1.64. The maximum absolute atomic E-state index is 13.5. The number of methoxy groups -OCH3 is 1. The predicted octanol–water partition coefficient (Wildman–Crippen LogP) is 6.45. The van der Waals surface area contributed by atoms with Crippen LogP contribution in [0.15, 0.2) is 83.3 Å². The van der Waals surface area contributed by atoms with Gasteiger partial charge in [-0.25, -0.2) is 0 Å². The van der Waals surface area contributed by atoms with Gasteiger partial charge in [0.1, 0.15) is 23.9 Å². The molecule has 208 valence electrons. The predicted molar refractivity (Wildman–Crippen MR) is 155 cm³/mol. The van der Waals surface area contributed by atoms with Crippen LogP contribution in [0.1, 0.15) is 41.9 Å². The zero-order valence-electron chi connectivity index (χ0n) is 22.5. The van der Waals surface area contributed by atoms with Gasteiger partial charge in [0, 0.05) is 34.9 Å². The summed E-state index contributed by atoms with van der Waals surface area (Å²) in [7, 11) is 1.54. The number of para-hydroxylation sites is 1. The van der Waals surface area contributed by atoms with Gasteiger partial charge in [0.05, 0.1) is 40.3 Å². The summed E-state index contributed by atoms with van der Waals surface area (Å²) >= 11 is 6.54. The van der Waals surface area contributed by atoms with Crippen LogP contribution in [-0.2, 0) is 11.4 Å². The van der Waals surface area contributed by atoms with Crippen molar-refractivity contribution in [1.82, 2.24) is 0 Å².